The number of aryl methyl sites for hydroxylation is 2. The molecule has 6 nitrogen and oxygen atoms in total. The van der Waals surface area contributed by atoms with Crippen LogP contribution in [0.1, 0.15) is 16.7 Å². The lowest BCUT2D eigenvalue weighted by Crippen LogP contribution is -2.23. The van der Waals surface area contributed by atoms with E-state index in [1.807, 2.05) is 49.1 Å². The van der Waals surface area contributed by atoms with Crippen LogP contribution in [0.3, 0.4) is 0 Å². The SMILES string of the molecule is Cc1cccc(C)c1N.N#C/C(N)=C1\NCCN1Cc1ccc(Cl)nc1. The van der Waals surface area contributed by atoms with Gasteiger partial charge in [-0.1, -0.05) is 35.9 Å². The molecule has 0 saturated carbocycles. The molecule has 0 spiro atoms. The van der Waals surface area contributed by atoms with E-state index in [4.69, 9.17) is 28.3 Å². The Morgan fingerprint density at radius 1 is 1.31 bits per heavy atom. The monoisotopic (exact) mass is 370 g/mol. The molecule has 26 heavy (non-hydrogen) atoms. The van der Waals surface area contributed by atoms with E-state index in [0.717, 1.165) is 35.5 Å². The summed E-state index contributed by atoms with van der Waals surface area (Å²) < 4.78 is 0. The highest BCUT2D eigenvalue weighted by Crippen LogP contribution is 2.15. The van der Waals surface area contributed by atoms with Crippen molar-refractivity contribution in [2.24, 2.45) is 5.73 Å². The lowest BCUT2D eigenvalue weighted by molar-refractivity contribution is 0.385. The van der Waals surface area contributed by atoms with Gasteiger partial charge >= 0.3 is 0 Å². The average Bonchev–Trinajstić information content (AvgIpc) is 3.09. The maximum atomic E-state index is 8.79. The number of para-hydroxylation sites is 1. The number of hydrogen-bond donors (Lipinski definition) is 3. The summed E-state index contributed by atoms with van der Waals surface area (Å²) in [5, 5.41) is 12.4. The fourth-order valence-corrected chi connectivity index (χ4v) is 2.67. The quantitative estimate of drug-likeness (QED) is 0.426. The number of hydrogen-bond acceptors (Lipinski definition) is 6. The van der Waals surface area contributed by atoms with E-state index in [2.05, 4.69) is 10.3 Å². The molecule has 0 amide bonds. The van der Waals surface area contributed by atoms with Gasteiger partial charge in [-0.05, 0) is 36.6 Å². The van der Waals surface area contributed by atoms with Crippen molar-refractivity contribution in [2.45, 2.75) is 20.4 Å². The molecule has 1 saturated heterocycles. The zero-order valence-corrected chi connectivity index (χ0v) is 15.7. The molecule has 2 aromatic rings. The van der Waals surface area contributed by atoms with Crippen molar-refractivity contribution in [3.05, 3.63) is 69.9 Å². The van der Waals surface area contributed by atoms with Gasteiger partial charge in [0.15, 0.2) is 5.70 Å². The van der Waals surface area contributed by atoms with Crippen LogP contribution < -0.4 is 16.8 Å². The highest BCUT2D eigenvalue weighted by atomic mass is 35.5. The molecule has 1 fully saturated rings. The van der Waals surface area contributed by atoms with Crippen molar-refractivity contribution < 1.29 is 0 Å². The standard InChI is InChI=1S/C11H12ClN5.C8H11N/c12-10-2-1-8(6-16-10)7-17-4-3-15-11(17)9(14)5-13;1-6-4-3-5-7(2)8(6)9/h1-2,6,15H,3-4,7,14H2;3-5H,9H2,1-2H3/b11-9-;. The van der Waals surface area contributed by atoms with Crippen LogP contribution in [0.4, 0.5) is 5.69 Å². The Labute approximate surface area is 159 Å². The van der Waals surface area contributed by atoms with Crippen LogP contribution in [0.2, 0.25) is 5.15 Å². The van der Waals surface area contributed by atoms with Crippen LogP contribution in [0.15, 0.2) is 48.0 Å². The summed E-state index contributed by atoms with van der Waals surface area (Å²) in [7, 11) is 0. The summed E-state index contributed by atoms with van der Waals surface area (Å²) in [6.07, 6.45) is 1.72. The van der Waals surface area contributed by atoms with Gasteiger partial charge < -0.3 is 21.7 Å². The average molecular weight is 371 g/mol. The number of halogens is 1. The lowest BCUT2D eigenvalue weighted by atomic mass is 10.1. The van der Waals surface area contributed by atoms with Crippen molar-refractivity contribution in [2.75, 3.05) is 18.8 Å². The fraction of sp³-hybridized carbons (Fsp3) is 0.263. The van der Waals surface area contributed by atoms with Crippen molar-refractivity contribution in [3.63, 3.8) is 0 Å². The minimum atomic E-state index is 0.212. The zero-order chi connectivity index (χ0) is 19.1. The molecule has 1 aromatic carbocycles. The second kappa shape index (κ2) is 8.97. The van der Waals surface area contributed by atoms with E-state index in [0.29, 0.717) is 17.5 Å². The van der Waals surface area contributed by atoms with Gasteiger partial charge in [-0.25, -0.2) is 4.98 Å². The van der Waals surface area contributed by atoms with Gasteiger partial charge in [-0.15, -0.1) is 0 Å². The van der Waals surface area contributed by atoms with E-state index < -0.39 is 0 Å². The third kappa shape index (κ3) is 5.04. The summed E-state index contributed by atoms with van der Waals surface area (Å²) in [5.41, 5.74) is 15.8. The fourth-order valence-electron chi connectivity index (χ4n) is 2.56. The molecule has 0 radical (unpaired) electrons. The van der Waals surface area contributed by atoms with Crippen molar-refractivity contribution in [1.82, 2.24) is 15.2 Å². The van der Waals surface area contributed by atoms with Gasteiger partial charge in [0.25, 0.3) is 0 Å². The lowest BCUT2D eigenvalue weighted by Gasteiger charge is -2.18. The minimum Gasteiger partial charge on any atom is -0.398 e. The number of aromatic nitrogens is 1. The maximum Gasteiger partial charge on any atom is 0.151 e. The summed E-state index contributed by atoms with van der Waals surface area (Å²) in [5.74, 6) is 0.697. The molecular weight excluding hydrogens is 348 g/mol. The van der Waals surface area contributed by atoms with E-state index in [1.165, 1.54) is 0 Å². The van der Waals surface area contributed by atoms with Gasteiger partial charge in [0.05, 0.1) is 0 Å². The van der Waals surface area contributed by atoms with Crippen molar-refractivity contribution in [3.8, 4) is 6.07 Å². The van der Waals surface area contributed by atoms with Crippen LogP contribution in [0.25, 0.3) is 0 Å². The highest BCUT2D eigenvalue weighted by Gasteiger charge is 2.19. The molecule has 1 aromatic heterocycles. The normalized spacial score (nSPS) is 14.8. The van der Waals surface area contributed by atoms with Gasteiger partial charge in [-0.3, -0.25) is 0 Å². The molecule has 0 atom stereocenters. The first kappa shape index (κ1) is 19.4. The van der Waals surface area contributed by atoms with Gasteiger partial charge in [0.1, 0.15) is 17.0 Å². The number of nitrogen functional groups attached to an aromatic ring is 1. The number of rotatable bonds is 2. The van der Waals surface area contributed by atoms with Crippen molar-refractivity contribution >= 4 is 17.3 Å². The Balaban J connectivity index is 0.000000228. The number of pyridine rings is 1. The third-order valence-electron chi connectivity index (χ3n) is 4.07. The molecular formula is C19H23ClN6. The van der Waals surface area contributed by atoms with Crippen molar-refractivity contribution in [1.29, 1.82) is 5.26 Å². The predicted octanol–water partition coefficient (Wildman–Crippen LogP) is 2.68. The molecule has 2 heterocycles. The topological polar surface area (TPSA) is 104 Å². The summed E-state index contributed by atoms with van der Waals surface area (Å²) in [4.78, 5) is 6.03. The highest BCUT2D eigenvalue weighted by molar-refractivity contribution is 6.29. The van der Waals surface area contributed by atoms with Crippen LogP contribution in [0, 0.1) is 25.2 Å². The van der Waals surface area contributed by atoms with Crippen LogP contribution >= 0.6 is 11.6 Å². The predicted molar refractivity (Wildman–Crippen MR) is 105 cm³/mol. The first-order valence-electron chi connectivity index (χ1n) is 8.23. The van der Waals surface area contributed by atoms with Gasteiger partial charge in [0.2, 0.25) is 0 Å². The zero-order valence-electron chi connectivity index (χ0n) is 15.0. The molecule has 1 aliphatic rings. The number of nitrogens with two attached hydrogens (primary N) is 2. The Hall–Kier alpha value is -2.91. The summed E-state index contributed by atoms with van der Waals surface area (Å²) in [6, 6.07) is 11.7. The first-order valence-corrected chi connectivity index (χ1v) is 8.61. The van der Waals surface area contributed by atoms with E-state index in [9.17, 15) is 0 Å². The maximum absolute atomic E-state index is 8.79. The van der Waals surface area contributed by atoms with Crippen LogP contribution in [0.5, 0.6) is 0 Å². The Morgan fingerprint density at radius 3 is 2.54 bits per heavy atom. The number of nitrogens with one attached hydrogen (secondary N) is 1. The molecule has 5 N–H and O–H groups in total. The first-order chi connectivity index (χ1) is 12.4. The van der Waals surface area contributed by atoms with Gasteiger partial charge in [0, 0.05) is 31.5 Å². The molecule has 0 unspecified atom stereocenters. The summed E-state index contributed by atoms with van der Waals surface area (Å²) in [6.45, 7) is 6.30. The molecule has 136 valence electrons. The number of benzene rings is 1. The van der Waals surface area contributed by atoms with E-state index >= 15 is 0 Å². The third-order valence-corrected chi connectivity index (χ3v) is 4.29. The molecule has 7 heteroatoms. The van der Waals surface area contributed by atoms with Crippen LogP contribution in [-0.4, -0.2) is 23.0 Å². The minimum absolute atomic E-state index is 0.212. The Bertz CT molecular complexity index is 803. The second-order valence-electron chi connectivity index (χ2n) is 6.02. The molecule has 0 bridgehead atoms. The van der Waals surface area contributed by atoms with Gasteiger partial charge in [-0.2, -0.15) is 5.26 Å². The Kier molecular flexibility index (Phi) is 6.70. The van der Waals surface area contributed by atoms with E-state index in [-0.39, 0.29) is 5.70 Å². The molecule has 1 aliphatic heterocycles. The largest absolute Gasteiger partial charge is 0.398 e. The van der Waals surface area contributed by atoms with E-state index in [1.54, 1.807) is 12.3 Å². The molecule has 0 aliphatic carbocycles. The smallest absolute Gasteiger partial charge is 0.151 e. The summed E-state index contributed by atoms with van der Waals surface area (Å²) >= 11 is 5.72. The van der Waals surface area contributed by atoms with Crippen LogP contribution in [-0.2, 0) is 6.54 Å². The molecule has 3 rings (SSSR count). The number of nitriles is 1. The number of nitrogens with zero attached hydrogens (tertiary/aromatic N) is 3. The number of allylic oxidation sites excluding steroid dienone is 1. The number of anilines is 1. The second-order valence-corrected chi connectivity index (χ2v) is 6.40. The Morgan fingerprint density at radius 2 is 2.00 bits per heavy atom.